The Morgan fingerprint density at radius 3 is 1.25 bits per heavy atom. The van der Waals surface area contributed by atoms with Gasteiger partial charge in [-0.25, -0.2) is 0 Å². The summed E-state index contributed by atoms with van der Waals surface area (Å²) >= 11 is 0. The van der Waals surface area contributed by atoms with E-state index in [4.69, 9.17) is 0 Å². The fourth-order valence-corrected chi connectivity index (χ4v) is 6.83. The van der Waals surface area contributed by atoms with Crippen LogP contribution in [0.5, 0.6) is 23.0 Å². The van der Waals surface area contributed by atoms with Crippen molar-refractivity contribution < 1.29 is 25.3 Å². The molecule has 44 heavy (non-hydrogen) atoms. The Morgan fingerprint density at radius 1 is 0.568 bits per heavy atom. The van der Waals surface area contributed by atoms with E-state index in [9.17, 15) is 30.5 Å². The molecule has 1 aliphatic rings. The van der Waals surface area contributed by atoms with Gasteiger partial charge in [-0.15, -0.1) is 0 Å². The Kier molecular flexibility index (Phi) is 8.10. The number of hydrogen-bond donors (Lipinski definition) is 4. The van der Waals surface area contributed by atoms with Crippen LogP contribution in [0.25, 0.3) is 0 Å². The highest BCUT2D eigenvalue weighted by atomic mass is 16.6. The standard InChI is InChI=1S/C37H41NO6/c1-18(2)30-14-27-10-25-12-29(38(43)44)13-26(35(25)40)11-28-15-31(19(3)4)22(7)33(37(28)42)17-24-9-20(5)8-23(34(24)39)16-32(21(30)6)36(27)41/h8-9,12-15,18-19,39-42H,10-11,16-17H2,1-7H3. The number of nitrogens with zero attached hydrogens (tertiary/aromatic N) is 1. The van der Waals surface area contributed by atoms with E-state index in [1.54, 1.807) is 0 Å². The first-order valence-electron chi connectivity index (χ1n) is 15.2. The van der Waals surface area contributed by atoms with Crippen LogP contribution in [0.3, 0.4) is 0 Å². The molecular formula is C37H41NO6. The first kappa shape index (κ1) is 30.9. The molecule has 4 aromatic carbocycles. The lowest BCUT2D eigenvalue weighted by Gasteiger charge is -2.23. The minimum atomic E-state index is -0.484. The molecular weight excluding hydrogens is 554 g/mol. The second-order valence-corrected chi connectivity index (χ2v) is 13.0. The lowest BCUT2D eigenvalue weighted by atomic mass is 9.83. The van der Waals surface area contributed by atoms with Crippen molar-refractivity contribution in [2.75, 3.05) is 0 Å². The molecule has 0 saturated carbocycles. The van der Waals surface area contributed by atoms with E-state index in [1.165, 1.54) is 12.1 Å². The number of non-ortho nitro benzene ring substituents is 1. The maximum Gasteiger partial charge on any atom is 0.270 e. The van der Waals surface area contributed by atoms with Gasteiger partial charge < -0.3 is 20.4 Å². The largest absolute Gasteiger partial charge is 0.507 e. The number of aryl methyl sites for hydroxylation is 1. The summed E-state index contributed by atoms with van der Waals surface area (Å²) in [5.74, 6) is 0.387. The molecule has 0 heterocycles. The minimum Gasteiger partial charge on any atom is -0.507 e. The van der Waals surface area contributed by atoms with Crippen molar-refractivity contribution in [2.24, 2.45) is 0 Å². The van der Waals surface area contributed by atoms with Crippen LogP contribution in [-0.2, 0) is 25.7 Å². The van der Waals surface area contributed by atoms with Crippen LogP contribution in [0.1, 0.15) is 112 Å². The summed E-state index contributed by atoms with van der Waals surface area (Å²) in [4.78, 5) is 11.5. The van der Waals surface area contributed by atoms with E-state index in [0.717, 1.165) is 27.8 Å². The Balaban J connectivity index is 1.88. The zero-order valence-electron chi connectivity index (χ0n) is 26.5. The number of nitro benzene ring substituents is 1. The average Bonchev–Trinajstić information content (AvgIpc) is 2.94. The number of hydrogen-bond acceptors (Lipinski definition) is 6. The molecule has 0 radical (unpaired) electrons. The summed E-state index contributed by atoms with van der Waals surface area (Å²) in [5.41, 5.74) is 9.01. The van der Waals surface area contributed by atoms with Crippen LogP contribution < -0.4 is 0 Å². The molecule has 0 unspecified atom stereocenters. The van der Waals surface area contributed by atoms with Crippen LogP contribution in [0.4, 0.5) is 5.69 Å². The first-order chi connectivity index (χ1) is 20.7. The van der Waals surface area contributed by atoms with Gasteiger partial charge in [0.2, 0.25) is 0 Å². The van der Waals surface area contributed by atoms with Gasteiger partial charge in [0.15, 0.2) is 0 Å². The van der Waals surface area contributed by atoms with Gasteiger partial charge in [-0.05, 0) is 77.1 Å². The highest BCUT2D eigenvalue weighted by Gasteiger charge is 2.25. The highest BCUT2D eigenvalue weighted by molar-refractivity contribution is 5.61. The third-order valence-corrected chi connectivity index (χ3v) is 9.23. The van der Waals surface area contributed by atoms with Gasteiger partial charge >= 0.3 is 0 Å². The zero-order valence-corrected chi connectivity index (χ0v) is 26.5. The second-order valence-electron chi connectivity index (χ2n) is 13.0. The number of rotatable bonds is 3. The van der Waals surface area contributed by atoms with Gasteiger partial charge in [-0.2, -0.15) is 0 Å². The molecule has 1 aliphatic carbocycles. The maximum absolute atomic E-state index is 12.0. The van der Waals surface area contributed by atoms with E-state index < -0.39 is 4.92 Å². The van der Waals surface area contributed by atoms with Crippen LogP contribution >= 0.6 is 0 Å². The molecule has 0 aromatic heterocycles. The summed E-state index contributed by atoms with van der Waals surface area (Å²) in [7, 11) is 0. The summed E-state index contributed by atoms with van der Waals surface area (Å²) in [6.45, 7) is 14.2. The minimum absolute atomic E-state index is 0.0502. The van der Waals surface area contributed by atoms with Crippen molar-refractivity contribution in [3.05, 3.63) is 119 Å². The average molecular weight is 596 g/mol. The summed E-state index contributed by atoms with van der Waals surface area (Å²) in [6.07, 6.45) is 0.653. The van der Waals surface area contributed by atoms with Crippen molar-refractivity contribution in [1.82, 2.24) is 0 Å². The molecule has 5 rings (SSSR count). The Bertz CT molecular complexity index is 1700. The number of aromatic hydroxyl groups is 4. The Morgan fingerprint density at radius 2 is 0.909 bits per heavy atom. The summed E-state index contributed by atoms with van der Waals surface area (Å²) in [5, 5.41) is 58.5. The van der Waals surface area contributed by atoms with Crippen molar-refractivity contribution >= 4 is 5.69 Å². The van der Waals surface area contributed by atoms with E-state index >= 15 is 0 Å². The van der Waals surface area contributed by atoms with E-state index in [2.05, 4.69) is 27.7 Å². The van der Waals surface area contributed by atoms with Gasteiger partial charge in [-0.1, -0.05) is 57.5 Å². The molecule has 230 valence electrons. The Hall–Kier alpha value is -4.52. The summed E-state index contributed by atoms with van der Waals surface area (Å²) < 4.78 is 0. The number of fused-ring (bicyclic) bond motifs is 8. The van der Waals surface area contributed by atoms with Gasteiger partial charge in [0.05, 0.1) is 4.92 Å². The molecule has 7 nitrogen and oxygen atoms in total. The lowest BCUT2D eigenvalue weighted by molar-refractivity contribution is -0.385. The molecule has 8 bridgehead atoms. The van der Waals surface area contributed by atoms with Gasteiger partial charge in [0, 0.05) is 60.1 Å². The molecule has 0 amide bonds. The Labute approximate surface area is 258 Å². The molecule has 7 heteroatoms. The smallest absolute Gasteiger partial charge is 0.270 e. The quantitative estimate of drug-likeness (QED) is 0.123. The third-order valence-electron chi connectivity index (χ3n) is 9.23. The monoisotopic (exact) mass is 595 g/mol. The molecule has 0 saturated heterocycles. The van der Waals surface area contributed by atoms with E-state index in [0.29, 0.717) is 44.5 Å². The molecule has 0 fully saturated rings. The van der Waals surface area contributed by atoms with Crippen molar-refractivity contribution in [3.8, 4) is 23.0 Å². The van der Waals surface area contributed by atoms with Gasteiger partial charge in [-0.3, -0.25) is 10.1 Å². The highest BCUT2D eigenvalue weighted by Crippen LogP contribution is 2.43. The van der Waals surface area contributed by atoms with Crippen molar-refractivity contribution in [1.29, 1.82) is 0 Å². The third kappa shape index (κ3) is 5.47. The normalized spacial score (nSPS) is 13.0. The predicted octanol–water partition coefficient (Wildman–Crippen LogP) is 8.27. The van der Waals surface area contributed by atoms with Gasteiger partial charge in [0.25, 0.3) is 5.69 Å². The second kappa shape index (κ2) is 11.5. The maximum atomic E-state index is 12.0. The molecule has 0 aliphatic heterocycles. The van der Waals surface area contributed by atoms with Crippen LogP contribution in [0, 0.1) is 30.9 Å². The number of benzene rings is 4. The predicted molar refractivity (Wildman–Crippen MR) is 173 cm³/mol. The first-order valence-corrected chi connectivity index (χ1v) is 15.2. The fraction of sp³-hybridized carbons (Fsp3) is 0.351. The van der Waals surface area contributed by atoms with Crippen LogP contribution in [-0.4, -0.2) is 25.3 Å². The fourth-order valence-electron chi connectivity index (χ4n) is 6.83. The van der Waals surface area contributed by atoms with Crippen LogP contribution in [0.2, 0.25) is 0 Å². The zero-order chi connectivity index (χ0) is 32.2. The SMILES string of the molecule is Cc1cc2c(O)c(c1)Cc1c(C)c(C(C)C)cc(c1O)Cc1cc([N+](=O)[O-])cc(c1O)Cc1cc(C(C)C)c(C)c(c1O)C2. The van der Waals surface area contributed by atoms with E-state index in [1.807, 2.05) is 45.0 Å². The lowest BCUT2D eigenvalue weighted by Crippen LogP contribution is -2.07. The van der Waals surface area contributed by atoms with Crippen molar-refractivity contribution in [2.45, 2.75) is 86.0 Å². The number of phenols is 4. The van der Waals surface area contributed by atoms with Crippen LogP contribution in [0.15, 0.2) is 36.4 Å². The molecule has 0 atom stereocenters. The molecule has 4 aromatic rings. The summed E-state index contributed by atoms with van der Waals surface area (Å²) in [6, 6.07) is 10.4. The van der Waals surface area contributed by atoms with E-state index in [-0.39, 0.29) is 66.2 Å². The molecule has 4 N–H and O–H groups in total. The topological polar surface area (TPSA) is 124 Å². The van der Waals surface area contributed by atoms with Gasteiger partial charge in [0.1, 0.15) is 23.0 Å². The number of phenolic OH excluding ortho intramolecular Hbond substituents is 4. The van der Waals surface area contributed by atoms with Crippen molar-refractivity contribution in [3.63, 3.8) is 0 Å². The molecule has 0 spiro atoms. The number of nitro groups is 1.